The van der Waals surface area contributed by atoms with E-state index in [4.69, 9.17) is 9.90 Å². The van der Waals surface area contributed by atoms with E-state index in [1.165, 1.54) is 21.8 Å². The van der Waals surface area contributed by atoms with Gasteiger partial charge in [0, 0.05) is 24.8 Å². The molecule has 0 saturated heterocycles. The second-order valence-electron chi connectivity index (χ2n) is 2.56. The average molecular weight is 223 g/mol. The van der Waals surface area contributed by atoms with Crippen molar-refractivity contribution in [1.82, 2.24) is 19.1 Å². The molecule has 0 aromatic carbocycles. The summed E-state index contributed by atoms with van der Waals surface area (Å²) in [4.78, 5) is 27.7. The highest BCUT2D eigenvalue weighted by molar-refractivity contribution is 5.78. The fourth-order valence-corrected chi connectivity index (χ4v) is 0.878. The lowest BCUT2D eigenvalue weighted by molar-refractivity contribution is 0.205. The van der Waals surface area contributed by atoms with Gasteiger partial charge in [-0.05, 0) is 0 Å². The number of imidazole rings is 2. The van der Waals surface area contributed by atoms with E-state index in [0.29, 0.717) is 0 Å². The molecule has 1 amide bonds. The van der Waals surface area contributed by atoms with Crippen molar-refractivity contribution >= 4 is 12.1 Å². The van der Waals surface area contributed by atoms with Crippen LogP contribution in [0.15, 0.2) is 37.4 Å². The van der Waals surface area contributed by atoms with Gasteiger partial charge in [0.15, 0.2) is 0 Å². The molecule has 0 aliphatic rings. The Bertz CT molecular complexity index is 408. The number of rotatable bonds is 0. The summed E-state index contributed by atoms with van der Waals surface area (Å²) in [7, 11) is 0. The summed E-state index contributed by atoms with van der Waals surface area (Å²) in [6.07, 6.45) is 7.83. The highest BCUT2D eigenvalue weighted by Gasteiger charge is 2.03. The zero-order valence-electron chi connectivity index (χ0n) is 8.09. The predicted molar refractivity (Wildman–Crippen MR) is 52.9 cm³/mol. The second-order valence-corrected chi connectivity index (χ2v) is 2.56. The first-order chi connectivity index (χ1) is 7.61. The Kier molecular flexibility index (Phi) is 3.78. The third-order valence-electron chi connectivity index (χ3n) is 1.45. The average Bonchev–Trinajstić information content (AvgIpc) is 2.90. The molecule has 0 aliphatic heterocycles. The van der Waals surface area contributed by atoms with Gasteiger partial charge >= 0.3 is 12.1 Å². The topological polar surface area (TPSA) is 116 Å². The number of hydrogen-bond acceptors (Lipinski definition) is 4. The normalized spacial score (nSPS) is 9.00. The third kappa shape index (κ3) is 3.25. The minimum atomic E-state index is -1.33. The van der Waals surface area contributed by atoms with Crippen LogP contribution in [0.25, 0.3) is 0 Å². The summed E-state index contributed by atoms with van der Waals surface area (Å²) in [6, 6.07) is -0.190. The number of carboxylic acid groups (broad SMARTS) is 1. The maximum atomic E-state index is 11.4. The minimum Gasteiger partial charge on any atom is -0.465 e. The van der Waals surface area contributed by atoms with E-state index in [1.54, 1.807) is 24.8 Å². The van der Waals surface area contributed by atoms with Gasteiger partial charge in [0.2, 0.25) is 0 Å². The van der Waals surface area contributed by atoms with E-state index in [0.717, 1.165) is 0 Å². The molecule has 3 N–H and O–H groups in total. The van der Waals surface area contributed by atoms with E-state index in [1.807, 2.05) is 0 Å². The van der Waals surface area contributed by atoms with Crippen LogP contribution < -0.4 is 5.73 Å². The van der Waals surface area contributed by atoms with E-state index in [-0.39, 0.29) is 6.03 Å². The molecule has 0 radical (unpaired) electrons. The van der Waals surface area contributed by atoms with Gasteiger partial charge in [0.25, 0.3) is 0 Å². The molecule has 0 unspecified atom stereocenters. The first-order valence-corrected chi connectivity index (χ1v) is 4.10. The van der Waals surface area contributed by atoms with Crippen LogP contribution in [-0.4, -0.2) is 36.3 Å². The summed E-state index contributed by atoms with van der Waals surface area (Å²) in [5.41, 5.74) is 4.03. The SMILES string of the molecule is NC(=O)O.O=C(n1ccnc1)n1ccnc1. The Balaban J connectivity index is 0.000000280. The van der Waals surface area contributed by atoms with Gasteiger partial charge in [-0.25, -0.2) is 19.6 Å². The number of nitrogens with two attached hydrogens (primary N) is 1. The van der Waals surface area contributed by atoms with Crippen molar-refractivity contribution in [3.63, 3.8) is 0 Å². The molecule has 2 rings (SSSR count). The zero-order valence-corrected chi connectivity index (χ0v) is 8.09. The molecule has 8 heteroatoms. The molecule has 0 bridgehead atoms. The Hall–Kier alpha value is -2.64. The lowest BCUT2D eigenvalue weighted by Gasteiger charge is -1.98. The number of hydrogen-bond donors (Lipinski definition) is 2. The highest BCUT2D eigenvalue weighted by atomic mass is 16.4. The molecule has 2 aromatic rings. The van der Waals surface area contributed by atoms with Crippen LogP contribution in [0.2, 0.25) is 0 Å². The molecule has 84 valence electrons. The van der Waals surface area contributed by atoms with Crippen molar-refractivity contribution in [3.8, 4) is 0 Å². The number of nitrogens with zero attached hydrogens (tertiary/aromatic N) is 4. The molecule has 16 heavy (non-hydrogen) atoms. The van der Waals surface area contributed by atoms with Gasteiger partial charge in [-0.15, -0.1) is 0 Å². The molecule has 2 heterocycles. The molecule has 0 aliphatic carbocycles. The summed E-state index contributed by atoms with van der Waals surface area (Å²) in [6.45, 7) is 0. The van der Waals surface area contributed by atoms with Crippen molar-refractivity contribution in [1.29, 1.82) is 0 Å². The summed E-state index contributed by atoms with van der Waals surface area (Å²) < 4.78 is 2.75. The Morgan fingerprint density at radius 2 is 1.44 bits per heavy atom. The molecular weight excluding hydrogens is 214 g/mol. The van der Waals surface area contributed by atoms with Crippen molar-refractivity contribution in [2.45, 2.75) is 0 Å². The van der Waals surface area contributed by atoms with Crippen molar-refractivity contribution in [2.75, 3.05) is 0 Å². The van der Waals surface area contributed by atoms with E-state index >= 15 is 0 Å². The van der Waals surface area contributed by atoms with Gasteiger partial charge in [-0.2, -0.15) is 0 Å². The zero-order chi connectivity index (χ0) is 12.0. The first-order valence-electron chi connectivity index (χ1n) is 4.10. The van der Waals surface area contributed by atoms with Crippen LogP contribution >= 0.6 is 0 Å². The molecule has 0 saturated carbocycles. The maximum Gasteiger partial charge on any atom is 0.402 e. The molecule has 2 aromatic heterocycles. The molecule has 8 nitrogen and oxygen atoms in total. The number of carbonyl (C=O) groups is 2. The number of carbonyl (C=O) groups excluding carboxylic acids is 1. The largest absolute Gasteiger partial charge is 0.465 e. The molecule has 0 atom stereocenters. The molecule has 0 spiro atoms. The van der Waals surface area contributed by atoms with Gasteiger partial charge in [-0.3, -0.25) is 9.13 Å². The van der Waals surface area contributed by atoms with Gasteiger partial charge in [0.05, 0.1) is 0 Å². The summed E-state index contributed by atoms with van der Waals surface area (Å²) in [5.74, 6) is 0. The highest BCUT2D eigenvalue weighted by Crippen LogP contribution is 1.91. The lowest BCUT2D eigenvalue weighted by Crippen LogP contribution is -2.15. The van der Waals surface area contributed by atoms with Crippen LogP contribution in [0.3, 0.4) is 0 Å². The third-order valence-corrected chi connectivity index (χ3v) is 1.45. The molecular formula is C8H9N5O3. The van der Waals surface area contributed by atoms with Crippen LogP contribution in [0.5, 0.6) is 0 Å². The van der Waals surface area contributed by atoms with Gasteiger partial charge in [-0.1, -0.05) is 0 Å². The quantitative estimate of drug-likeness (QED) is 0.662. The molecule has 0 fully saturated rings. The van der Waals surface area contributed by atoms with E-state index in [2.05, 4.69) is 15.7 Å². The Morgan fingerprint density at radius 3 is 1.69 bits per heavy atom. The van der Waals surface area contributed by atoms with Crippen LogP contribution in [0.1, 0.15) is 0 Å². The fraction of sp³-hybridized carbons (Fsp3) is 0. The second kappa shape index (κ2) is 5.29. The van der Waals surface area contributed by atoms with Crippen molar-refractivity contribution in [3.05, 3.63) is 37.4 Å². The first kappa shape index (κ1) is 11.4. The Morgan fingerprint density at radius 1 is 1.06 bits per heavy atom. The number of primary amides is 1. The summed E-state index contributed by atoms with van der Waals surface area (Å²) >= 11 is 0. The van der Waals surface area contributed by atoms with Crippen LogP contribution in [0.4, 0.5) is 9.59 Å². The van der Waals surface area contributed by atoms with Gasteiger partial charge in [0.1, 0.15) is 12.7 Å². The van der Waals surface area contributed by atoms with E-state index < -0.39 is 6.09 Å². The van der Waals surface area contributed by atoms with Crippen LogP contribution in [-0.2, 0) is 0 Å². The number of amides is 1. The fourth-order valence-electron chi connectivity index (χ4n) is 0.878. The minimum absolute atomic E-state index is 0.190. The maximum absolute atomic E-state index is 11.4. The predicted octanol–water partition coefficient (Wildman–Crippen LogP) is 0.219. The van der Waals surface area contributed by atoms with E-state index in [9.17, 15) is 4.79 Å². The van der Waals surface area contributed by atoms with Gasteiger partial charge < -0.3 is 10.8 Å². The Labute approximate surface area is 90.0 Å². The smallest absolute Gasteiger partial charge is 0.402 e. The standard InChI is InChI=1S/C7H6N4O.CH3NO2/c12-7(10-3-1-8-5-10)11-4-2-9-6-11;2-1(3)4/h1-6H;2H2,(H,3,4). The monoisotopic (exact) mass is 223 g/mol. The van der Waals surface area contributed by atoms with Crippen LogP contribution in [0, 0.1) is 0 Å². The lowest BCUT2D eigenvalue weighted by atomic mass is 10.8. The summed E-state index contributed by atoms with van der Waals surface area (Å²) in [5, 5.41) is 7.19. The van der Waals surface area contributed by atoms with Crippen molar-refractivity contribution in [2.24, 2.45) is 5.73 Å². The van der Waals surface area contributed by atoms with Crippen molar-refractivity contribution < 1.29 is 14.7 Å². The number of aromatic nitrogens is 4.